The first-order valence-corrected chi connectivity index (χ1v) is 34.0. The molecule has 16 nitrogen and oxygen atoms in total. The summed E-state index contributed by atoms with van der Waals surface area (Å²) in [5, 5.41) is 3.45. The molecule has 1 unspecified atom stereocenters. The molecule has 0 bridgehead atoms. The molecule has 25 heteroatoms. The first-order valence-electron chi connectivity index (χ1n) is 26.1. The SMILES string of the molecule is Cc1c(S(C)(=O)=O)c(-c2cccc(N3CCN(c4ccc(N5CCO[P@]5(=O)c5ccc(NC(CCN6CCC(OP(=O)(O)O)CC6)CSc6ccccc6)c(S(=O)(=O)C(F)(F)F)c5)cc4)CC3)c2)c(-c2ccc(Cl)cc2)n1C(C)C. The highest BCUT2D eigenvalue weighted by atomic mass is 35.5. The molecular weight excluding hydrogens is 1160 g/mol. The number of halogens is 4. The molecule has 0 amide bonds. The van der Waals surface area contributed by atoms with E-state index in [0.717, 1.165) is 39.2 Å². The topological polar surface area (TPSA) is 191 Å². The lowest BCUT2D eigenvalue weighted by atomic mass is 10.00. The minimum absolute atomic E-state index is 0.0355. The molecule has 0 aliphatic carbocycles. The number of nitrogens with one attached hydrogen (secondary N) is 1. The summed E-state index contributed by atoms with van der Waals surface area (Å²) in [6.45, 7) is 9.85. The van der Waals surface area contributed by atoms with Crippen molar-refractivity contribution in [2.75, 3.05) is 90.8 Å². The van der Waals surface area contributed by atoms with Crippen molar-refractivity contribution in [2.45, 2.75) is 78.4 Å². The fourth-order valence-electron chi connectivity index (χ4n) is 10.9. The predicted molar refractivity (Wildman–Crippen MR) is 311 cm³/mol. The number of piperazine rings is 1. The molecule has 1 aromatic heterocycles. The summed E-state index contributed by atoms with van der Waals surface area (Å²) in [5.74, 6) is 0.334. The Morgan fingerprint density at radius 1 is 0.812 bits per heavy atom. The van der Waals surface area contributed by atoms with Crippen molar-refractivity contribution in [3.8, 4) is 22.4 Å². The smallest absolute Gasteiger partial charge is 0.380 e. The van der Waals surface area contributed by atoms with E-state index in [1.165, 1.54) is 34.8 Å². The van der Waals surface area contributed by atoms with Crippen molar-refractivity contribution in [3.05, 3.63) is 132 Å². The van der Waals surface area contributed by atoms with Crippen LogP contribution in [0.3, 0.4) is 0 Å². The molecule has 5 aromatic carbocycles. The number of alkyl halides is 3. The van der Waals surface area contributed by atoms with Gasteiger partial charge in [-0.1, -0.05) is 54.1 Å². The van der Waals surface area contributed by atoms with Crippen LogP contribution in [0.25, 0.3) is 22.4 Å². The molecule has 9 rings (SSSR count). The monoisotopic (exact) mass is 1220 g/mol. The van der Waals surface area contributed by atoms with E-state index in [1.54, 1.807) is 24.3 Å². The standard InChI is InChI=1S/C55H64ClF3N6O10P2S3/c1-38(2)65-39(3)54(79(4,70)71)52(53(65)40-13-15-42(56)16-14-40)41-9-8-10-46(35-41)63-31-29-62(30-32-63)44-17-19-45(20-18-44)64-33-34-74-76(64,66)48-21-22-50(51(36-48)80(72,73)55(57,58)59)60-43(37-78-49-11-6-5-7-12-49)23-26-61-27-24-47(25-28-61)75-77(67,68)69/h5-22,35-36,38,43,47,60H,23-34,37H2,1-4H3,(H2,67,68,69)/t43?,76-/m1/s1. The van der Waals surface area contributed by atoms with Crippen molar-refractivity contribution >= 4 is 86.4 Å². The summed E-state index contributed by atoms with van der Waals surface area (Å²) in [5.41, 5.74) is -0.0497. The van der Waals surface area contributed by atoms with E-state index < -0.39 is 57.6 Å². The zero-order chi connectivity index (χ0) is 57.4. The lowest BCUT2D eigenvalue weighted by Gasteiger charge is -2.37. The largest absolute Gasteiger partial charge is 0.501 e. The van der Waals surface area contributed by atoms with Gasteiger partial charge in [-0.25, -0.2) is 21.4 Å². The van der Waals surface area contributed by atoms with E-state index in [2.05, 4.69) is 24.6 Å². The second kappa shape index (κ2) is 24.2. The Morgan fingerprint density at radius 2 is 1.45 bits per heavy atom. The van der Waals surface area contributed by atoms with E-state index >= 15 is 4.57 Å². The number of thioether (sulfide) groups is 1. The molecule has 0 spiro atoms. The molecule has 0 saturated carbocycles. The molecule has 80 heavy (non-hydrogen) atoms. The number of likely N-dealkylation sites (tertiary alicyclic amines) is 1. The van der Waals surface area contributed by atoms with E-state index in [4.69, 9.17) is 20.6 Å². The molecule has 6 aromatic rings. The molecule has 3 fully saturated rings. The number of nitrogens with zero attached hydrogens (tertiary/aromatic N) is 5. The number of hydrogen-bond acceptors (Lipinski definition) is 13. The maximum absolute atomic E-state index is 15.0. The van der Waals surface area contributed by atoms with Gasteiger partial charge in [0.25, 0.3) is 9.84 Å². The van der Waals surface area contributed by atoms with Crippen LogP contribution < -0.4 is 25.1 Å². The van der Waals surface area contributed by atoms with Gasteiger partial charge in [0.1, 0.15) is 4.90 Å². The number of anilines is 4. The van der Waals surface area contributed by atoms with Crippen molar-refractivity contribution in [1.29, 1.82) is 0 Å². The Bertz CT molecular complexity index is 3510. The highest BCUT2D eigenvalue weighted by molar-refractivity contribution is 7.99. The van der Waals surface area contributed by atoms with Gasteiger partial charge >= 0.3 is 20.9 Å². The first kappa shape index (κ1) is 59.8. The van der Waals surface area contributed by atoms with Gasteiger partial charge in [0, 0.05) is 108 Å². The Hall–Kier alpha value is -4.83. The van der Waals surface area contributed by atoms with Crippen molar-refractivity contribution < 1.29 is 58.0 Å². The third-order valence-electron chi connectivity index (χ3n) is 14.6. The van der Waals surface area contributed by atoms with E-state index in [0.29, 0.717) is 92.8 Å². The number of aromatic nitrogens is 1. The zero-order valence-corrected chi connectivity index (χ0v) is 49.5. The van der Waals surface area contributed by atoms with E-state index in [9.17, 15) is 44.4 Å². The summed E-state index contributed by atoms with van der Waals surface area (Å²) >= 11 is 7.73. The fourth-order valence-corrected chi connectivity index (χ4v) is 17.1. The predicted octanol–water partition coefficient (Wildman–Crippen LogP) is 11.3. The van der Waals surface area contributed by atoms with Crippen LogP contribution in [-0.4, -0.2) is 125 Å². The van der Waals surface area contributed by atoms with Crippen LogP contribution >= 0.6 is 38.7 Å². The molecule has 2 atom stereocenters. The molecule has 4 heterocycles. The second-order valence-electron chi connectivity index (χ2n) is 20.4. The van der Waals surface area contributed by atoms with Gasteiger partial charge < -0.3 is 38.9 Å². The zero-order valence-electron chi connectivity index (χ0n) is 44.5. The third kappa shape index (κ3) is 13.3. The van der Waals surface area contributed by atoms with Crippen molar-refractivity contribution in [3.63, 3.8) is 0 Å². The van der Waals surface area contributed by atoms with Crippen LogP contribution in [0, 0.1) is 6.92 Å². The van der Waals surface area contributed by atoms with Gasteiger partial charge in [-0.3, -0.25) is 13.8 Å². The first-order chi connectivity index (χ1) is 37.8. The molecule has 3 saturated heterocycles. The maximum Gasteiger partial charge on any atom is 0.501 e. The normalized spacial score (nSPS) is 18.6. The van der Waals surface area contributed by atoms with Gasteiger partial charge in [0.2, 0.25) is 0 Å². The van der Waals surface area contributed by atoms with Gasteiger partial charge in [-0.15, -0.1) is 11.8 Å². The lowest BCUT2D eigenvalue weighted by molar-refractivity contribution is -0.0435. The van der Waals surface area contributed by atoms with Crippen LogP contribution in [0.15, 0.2) is 136 Å². The summed E-state index contributed by atoms with van der Waals surface area (Å²) in [4.78, 5) is 25.1. The molecule has 3 aliphatic heterocycles. The number of rotatable bonds is 19. The van der Waals surface area contributed by atoms with Gasteiger partial charge in [0.05, 0.1) is 40.8 Å². The Kier molecular flexibility index (Phi) is 18.1. The number of phosphoric acid groups is 1. The van der Waals surface area contributed by atoms with Gasteiger partial charge in [-0.2, -0.15) is 13.2 Å². The number of phosphoric ester groups is 1. The highest BCUT2D eigenvalue weighted by Crippen LogP contribution is 2.56. The van der Waals surface area contributed by atoms with Crippen LogP contribution in [0.5, 0.6) is 0 Å². The Labute approximate surface area is 474 Å². The van der Waals surface area contributed by atoms with E-state index in [1.807, 2.05) is 99.6 Å². The number of piperidine rings is 1. The molecule has 0 radical (unpaired) electrons. The van der Waals surface area contributed by atoms with Crippen molar-refractivity contribution in [2.24, 2.45) is 0 Å². The van der Waals surface area contributed by atoms with Gasteiger partial charge in [-0.05, 0) is 130 Å². The number of hydrogen-bond donors (Lipinski definition) is 3. The average molecular weight is 1220 g/mol. The minimum atomic E-state index is -6.00. The molecular formula is C55H64ClF3N6O10P2S3. The maximum atomic E-state index is 15.0. The fraction of sp³-hybridized carbons (Fsp3) is 0.382. The average Bonchev–Trinajstić information content (AvgIpc) is 4.18. The summed E-state index contributed by atoms with van der Waals surface area (Å²) in [6.07, 6.45) is 1.70. The van der Waals surface area contributed by atoms with Crippen LogP contribution in [0.1, 0.15) is 44.8 Å². The van der Waals surface area contributed by atoms with Crippen LogP contribution in [0.4, 0.5) is 35.9 Å². The van der Waals surface area contributed by atoms with Crippen molar-refractivity contribution in [1.82, 2.24) is 9.47 Å². The molecule has 3 N–H and O–H groups in total. The summed E-state index contributed by atoms with van der Waals surface area (Å²) in [7, 11) is -18.5. The minimum Gasteiger partial charge on any atom is -0.380 e. The number of sulfone groups is 2. The highest BCUT2D eigenvalue weighted by Gasteiger charge is 2.50. The van der Waals surface area contributed by atoms with Gasteiger partial charge in [0.15, 0.2) is 9.84 Å². The Balaban J connectivity index is 0.919. The molecule has 430 valence electrons. The van der Waals surface area contributed by atoms with Crippen LogP contribution in [-0.2, 0) is 37.9 Å². The third-order valence-corrected chi connectivity index (χ3v) is 21.9. The molecule has 3 aliphatic rings. The lowest BCUT2D eigenvalue weighted by Crippen LogP contribution is -2.46. The quantitative estimate of drug-likeness (QED) is 0.0512. The second-order valence-corrected chi connectivity index (χ2v) is 29.3. The van der Waals surface area contributed by atoms with E-state index in [-0.39, 0.29) is 35.1 Å². The number of benzene rings is 5. The summed E-state index contributed by atoms with van der Waals surface area (Å²) in [6, 6.07) is 34.7. The summed E-state index contributed by atoms with van der Waals surface area (Å²) < 4.78 is 139. The van der Waals surface area contributed by atoms with Crippen LogP contribution in [0.2, 0.25) is 5.02 Å². The Morgan fingerprint density at radius 3 is 2.06 bits per heavy atom.